The third-order valence-corrected chi connectivity index (χ3v) is 9.68. The topological polar surface area (TPSA) is 147 Å². The summed E-state index contributed by atoms with van der Waals surface area (Å²) in [6.07, 6.45) is 5.28. The number of hydrogen-bond acceptors (Lipinski definition) is 11. The number of aliphatic hydroxyl groups is 1. The summed E-state index contributed by atoms with van der Waals surface area (Å²) in [5.74, 6) is 6.75. The number of piperidine rings is 1. The summed E-state index contributed by atoms with van der Waals surface area (Å²) in [6.45, 7) is 1.54. The Hall–Kier alpha value is -4.53. The minimum atomic E-state index is -4.65. The number of hydrogen-bond donors (Lipinski definition) is 2. The number of aromatic nitrogens is 7. The molecule has 2 aliphatic rings. The largest absolute Gasteiger partial charge is 0.504 e. The molecule has 4 aromatic heterocycles. The zero-order valence-corrected chi connectivity index (χ0v) is 25.8. The Morgan fingerprint density at radius 3 is 2.50 bits per heavy atom. The van der Waals surface area contributed by atoms with E-state index in [1.165, 1.54) is 24.8 Å². The molecule has 46 heavy (non-hydrogen) atoms. The van der Waals surface area contributed by atoms with Crippen LogP contribution in [0.1, 0.15) is 36.8 Å². The number of halogens is 3. The van der Waals surface area contributed by atoms with Crippen LogP contribution in [-0.4, -0.2) is 96.9 Å². The number of nitrogens with zero attached hydrogens (tertiary/aromatic N) is 9. The first kappa shape index (κ1) is 31.5. The van der Waals surface area contributed by atoms with Crippen molar-refractivity contribution in [2.24, 2.45) is 0 Å². The molecule has 6 rings (SSSR count). The number of nitrogens with one attached hydrogen (secondary N) is 1. The molecule has 0 aromatic carbocycles. The van der Waals surface area contributed by atoms with Crippen molar-refractivity contribution in [1.29, 1.82) is 0 Å². The van der Waals surface area contributed by atoms with Crippen molar-refractivity contribution in [3.05, 3.63) is 60.4 Å². The molecule has 2 N–H and O–H groups in total. The van der Waals surface area contributed by atoms with Crippen molar-refractivity contribution in [2.75, 3.05) is 43.9 Å². The molecule has 0 amide bonds. The molecule has 0 unspecified atom stereocenters. The zero-order valence-electron chi connectivity index (χ0n) is 25.0. The van der Waals surface area contributed by atoms with Crippen LogP contribution in [0, 0.1) is 11.8 Å². The van der Waals surface area contributed by atoms with Gasteiger partial charge in [0.25, 0.3) is 10.0 Å². The normalized spacial score (nSPS) is 16.7. The van der Waals surface area contributed by atoms with Gasteiger partial charge in [0.2, 0.25) is 0 Å². The van der Waals surface area contributed by atoms with Gasteiger partial charge in [-0.2, -0.15) is 19.0 Å². The molecule has 4 aromatic rings. The van der Waals surface area contributed by atoms with Gasteiger partial charge in [-0.3, -0.25) is 0 Å². The smallest absolute Gasteiger partial charge is 0.388 e. The van der Waals surface area contributed by atoms with Gasteiger partial charge in [0.05, 0.1) is 51.8 Å². The maximum Gasteiger partial charge on any atom is 0.504 e. The zero-order chi connectivity index (χ0) is 32.7. The monoisotopic (exact) mass is 656 g/mol. The standard InChI is InChI=1S/C29H31F3N10O3S/c1-39(2)19-28(43)8-11-40(12-9-28)24-13-26(34-15-21(24)4-3-20-14-35-41(17-20)29(30,31)32)37-25-7-10-33-27(38-25)22-16-36-42(18-22)46(44,45)23-5-6-23/h7,10,13-18,23,43H,5-6,8-9,11-12,19H2,1-2H3,(H,33,34,37,38). The minimum absolute atomic E-state index is 0.0891. The number of anilines is 3. The van der Waals surface area contributed by atoms with Crippen molar-refractivity contribution >= 4 is 27.3 Å². The average Bonchev–Trinajstić information content (AvgIpc) is 3.53. The Morgan fingerprint density at radius 1 is 1.07 bits per heavy atom. The third-order valence-electron chi connectivity index (χ3n) is 7.65. The van der Waals surface area contributed by atoms with Crippen LogP contribution in [0.5, 0.6) is 0 Å². The van der Waals surface area contributed by atoms with Crippen molar-refractivity contribution < 1.29 is 26.7 Å². The molecule has 1 aliphatic carbocycles. The molecule has 1 saturated heterocycles. The maximum atomic E-state index is 13.0. The Kier molecular flexibility index (Phi) is 8.21. The van der Waals surface area contributed by atoms with Gasteiger partial charge in [-0.25, -0.2) is 23.4 Å². The molecular formula is C29H31F3N10O3S. The molecule has 1 aliphatic heterocycles. The van der Waals surface area contributed by atoms with Gasteiger partial charge in [-0.1, -0.05) is 11.8 Å². The van der Waals surface area contributed by atoms with E-state index in [0.29, 0.717) is 73.8 Å². The molecular weight excluding hydrogens is 625 g/mol. The van der Waals surface area contributed by atoms with Crippen LogP contribution in [-0.2, 0) is 16.3 Å². The van der Waals surface area contributed by atoms with E-state index in [2.05, 4.69) is 47.2 Å². The maximum absolute atomic E-state index is 13.0. The second-order valence-corrected chi connectivity index (χ2v) is 13.7. The molecule has 0 atom stereocenters. The van der Waals surface area contributed by atoms with Crippen LogP contribution in [0.4, 0.5) is 30.5 Å². The Morgan fingerprint density at radius 2 is 1.83 bits per heavy atom. The molecule has 0 spiro atoms. The predicted molar refractivity (Wildman–Crippen MR) is 163 cm³/mol. The predicted octanol–water partition coefficient (Wildman–Crippen LogP) is 2.78. The number of alkyl halides is 3. The highest BCUT2D eigenvalue weighted by atomic mass is 32.2. The van der Waals surface area contributed by atoms with Crippen molar-refractivity contribution in [3.8, 4) is 23.2 Å². The molecule has 13 nitrogen and oxygen atoms in total. The molecule has 0 radical (unpaired) electrons. The number of pyridine rings is 1. The first-order valence-electron chi connectivity index (χ1n) is 14.4. The minimum Gasteiger partial charge on any atom is -0.388 e. The lowest BCUT2D eigenvalue weighted by Gasteiger charge is -2.40. The highest BCUT2D eigenvalue weighted by Crippen LogP contribution is 2.32. The van der Waals surface area contributed by atoms with Gasteiger partial charge < -0.3 is 20.2 Å². The SMILES string of the molecule is CN(C)CC1(O)CCN(c2cc(Nc3ccnc(-c4cnn(S(=O)(=O)C5CC5)c4)n3)ncc2C#Cc2cnn(C(F)(F)F)c2)CC1. The lowest BCUT2D eigenvalue weighted by molar-refractivity contribution is -0.212. The molecule has 242 valence electrons. The third kappa shape index (κ3) is 6.98. The summed E-state index contributed by atoms with van der Waals surface area (Å²) < 4.78 is 65.0. The van der Waals surface area contributed by atoms with Crippen molar-refractivity contribution in [3.63, 3.8) is 0 Å². The fraction of sp³-hybridized carbons (Fsp3) is 0.414. The van der Waals surface area contributed by atoms with E-state index in [9.17, 15) is 26.7 Å². The molecule has 17 heteroatoms. The summed E-state index contributed by atoms with van der Waals surface area (Å²) in [7, 11) is 0.270. The van der Waals surface area contributed by atoms with E-state index in [1.54, 1.807) is 12.1 Å². The van der Waals surface area contributed by atoms with E-state index in [4.69, 9.17) is 0 Å². The summed E-state index contributed by atoms with van der Waals surface area (Å²) in [5.41, 5.74) is 0.831. The summed E-state index contributed by atoms with van der Waals surface area (Å²) >= 11 is 0. The highest BCUT2D eigenvalue weighted by Gasteiger charge is 2.38. The van der Waals surface area contributed by atoms with E-state index >= 15 is 0 Å². The first-order chi connectivity index (χ1) is 21.8. The Bertz CT molecular complexity index is 1900. The summed E-state index contributed by atoms with van der Waals surface area (Å²) in [6, 6.07) is 3.39. The van der Waals surface area contributed by atoms with Crippen LogP contribution in [0.15, 0.2) is 49.3 Å². The average molecular weight is 657 g/mol. The van der Waals surface area contributed by atoms with Crippen LogP contribution in [0.3, 0.4) is 0 Å². The fourth-order valence-corrected chi connectivity index (χ4v) is 6.70. The van der Waals surface area contributed by atoms with Crippen molar-refractivity contribution in [2.45, 2.75) is 42.8 Å². The van der Waals surface area contributed by atoms with E-state index in [1.807, 2.05) is 19.0 Å². The number of likely N-dealkylation sites (N-methyl/N-ethyl adjacent to an activating group) is 1. The highest BCUT2D eigenvalue weighted by molar-refractivity contribution is 7.90. The van der Waals surface area contributed by atoms with E-state index in [0.717, 1.165) is 16.5 Å². The van der Waals surface area contributed by atoms with Gasteiger partial charge in [-0.15, -0.1) is 13.2 Å². The van der Waals surface area contributed by atoms with Gasteiger partial charge >= 0.3 is 6.30 Å². The fourth-order valence-electron chi connectivity index (χ4n) is 5.22. The van der Waals surface area contributed by atoms with Crippen LogP contribution in [0.2, 0.25) is 0 Å². The lowest BCUT2D eigenvalue weighted by atomic mass is 9.90. The molecule has 2 fully saturated rings. The van der Waals surface area contributed by atoms with Gasteiger partial charge in [0, 0.05) is 44.3 Å². The second-order valence-electron chi connectivity index (χ2n) is 11.7. The first-order valence-corrected chi connectivity index (χ1v) is 15.9. The molecule has 0 bridgehead atoms. The van der Waals surface area contributed by atoms with Crippen LogP contribution < -0.4 is 10.2 Å². The Labute approximate surface area is 263 Å². The summed E-state index contributed by atoms with van der Waals surface area (Å²) in [5, 5.41) is 21.1. The lowest BCUT2D eigenvalue weighted by Crippen LogP contribution is -2.49. The van der Waals surface area contributed by atoms with E-state index in [-0.39, 0.29) is 16.1 Å². The van der Waals surface area contributed by atoms with Gasteiger partial charge in [0.15, 0.2) is 5.82 Å². The number of rotatable bonds is 8. The Balaban J connectivity index is 1.27. The quantitative estimate of drug-likeness (QED) is 0.270. The molecule has 1 saturated carbocycles. The summed E-state index contributed by atoms with van der Waals surface area (Å²) in [4.78, 5) is 17.2. The molecule has 5 heterocycles. The van der Waals surface area contributed by atoms with Gasteiger partial charge in [0.1, 0.15) is 11.6 Å². The van der Waals surface area contributed by atoms with Crippen molar-refractivity contribution in [1.82, 2.24) is 38.8 Å². The van der Waals surface area contributed by atoms with Crippen LogP contribution in [0.25, 0.3) is 11.4 Å². The van der Waals surface area contributed by atoms with Gasteiger partial charge in [-0.05, 0) is 45.8 Å². The van der Waals surface area contributed by atoms with Crippen LogP contribution >= 0.6 is 0 Å². The second kappa shape index (κ2) is 12.0. The van der Waals surface area contributed by atoms with E-state index < -0.39 is 27.2 Å².